The minimum atomic E-state index is -0.401. The van der Waals surface area contributed by atoms with Crippen molar-refractivity contribution in [3.8, 4) is 0 Å². The predicted molar refractivity (Wildman–Crippen MR) is 93.2 cm³/mol. The third kappa shape index (κ3) is 3.88. The second-order valence-corrected chi connectivity index (χ2v) is 7.08. The Balaban J connectivity index is 2.48. The van der Waals surface area contributed by atoms with Crippen LogP contribution >= 0.6 is 12.2 Å². The molecule has 0 radical (unpaired) electrons. The first-order chi connectivity index (χ1) is 10.6. The van der Waals surface area contributed by atoms with Crippen molar-refractivity contribution in [2.24, 2.45) is 0 Å². The van der Waals surface area contributed by atoms with Crippen molar-refractivity contribution in [2.75, 3.05) is 7.05 Å². The molecule has 23 heavy (non-hydrogen) atoms. The van der Waals surface area contributed by atoms with E-state index in [1.54, 1.807) is 17.0 Å². The van der Waals surface area contributed by atoms with Gasteiger partial charge in [0.25, 0.3) is 5.91 Å². The Labute approximate surface area is 141 Å². The molecule has 0 unspecified atom stereocenters. The SMILES string of the molecule is CC1=C(C(=O)NC(C)(C)C)[C@H](c2ccc(F)cc2)NC(=S)N1C. The van der Waals surface area contributed by atoms with Gasteiger partial charge in [0.05, 0.1) is 11.6 Å². The van der Waals surface area contributed by atoms with Gasteiger partial charge in [-0.15, -0.1) is 0 Å². The maximum atomic E-state index is 13.2. The fourth-order valence-electron chi connectivity index (χ4n) is 2.44. The Hall–Kier alpha value is -1.95. The standard InChI is InChI=1S/C17H22FN3OS/c1-10-13(15(22)20-17(2,3)4)14(19-16(23)21(10)5)11-6-8-12(18)9-7-11/h6-9,14H,1-5H3,(H,19,23)(H,20,22)/t14-/m0/s1. The molecule has 4 nitrogen and oxygen atoms in total. The van der Waals surface area contributed by atoms with E-state index in [9.17, 15) is 9.18 Å². The van der Waals surface area contributed by atoms with E-state index in [1.807, 2.05) is 34.7 Å². The number of thiocarbonyl (C=S) groups is 1. The molecule has 2 rings (SSSR count). The first-order valence-electron chi connectivity index (χ1n) is 7.43. The zero-order chi connectivity index (χ0) is 17.4. The fourth-order valence-corrected chi connectivity index (χ4v) is 2.70. The van der Waals surface area contributed by atoms with E-state index in [1.165, 1.54) is 12.1 Å². The molecule has 0 saturated heterocycles. The Morgan fingerprint density at radius 3 is 2.39 bits per heavy atom. The summed E-state index contributed by atoms with van der Waals surface area (Å²) >= 11 is 5.33. The summed E-state index contributed by atoms with van der Waals surface area (Å²) in [5.41, 5.74) is 1.81. The van der Waals surface area contributed by atoms with E-state index in [-0.39, 0.29) is 17.3 Å². The molecule has 0 saturated carbocycles. The normalized spacial score (nSPS) is 18.8. The molecule has 0 aromatic heterocycles. The molecule has 6 heteroatoms. The number of benzene rings is 1. The summed E-state index contributed by atoms with van der Waals surface area (Å²) in [7, 11) is 1.82. The van der Waals surface area contributed by atoms with Crippen molar-refractivity contribution in [1.29, 1.82) is 0 Å². The monoisotopic (exact) mass is 335 g/mol. The van der Waals surface area contributed by atoms with Crippen LogP contribution in [0.3, 0.4) is 0 Å². The van der Waals surface area contributed by atoms with E-state index < -0.39 is 6.04 Å². The topological polar surface area (TPSA) is 44.4 Å². The lowest BCUT2D eigenvalue weighted by atomic mass is 9.93. The first-order valence-corrected chi connectivity index (χ1v) is 7.84. The van der Waals surface area contributed by atoms with Crippen LogP contribution < -0.4 is 10.6 Å². The lowest BCUT2D eigenvalue weighted by Gasteiger charge is -2.36. The van der Waals surface area contributed by atoms with Gasteiger partial charge in [0, 0.05) is 18.3 Å². The summed E-state index contributed by atoms with van der Waals surface area (Å²) in [5.74, 6) is -0.475. The highest BCUT2D eigenvalue weighted by Gasteiger charge is 2.33. The van der Waals surface area contributed by atoms with Crippen LogP contribution in [0.4, 0.5) is 4.39 Å². The molecule has 124 valence electrons. The van der Waals surface area contributed by atoms with Crippen LogP contribution in [0.1, 0.15) is 39.3 Å². The molecular weight excluding hydrogens is 313 g/mol. The number of rotatable bonds is 2. The quantitative estimate of drug-likeness (QED) is 0.816. The number of allylic oxidation sites excluding steroid dienone is 1. The molecule has 1 amide bonds. The highest BCUT2D eigenvalue weighted by Crippen LogP contribution is 2.30. The van der Waals surface area contributed by atoms with Gasteiger partial charge >= 0.3 is 0 Å². The van der Waals surface area contributed by atoms with Gasteiger partial charge in [0.15, 0.2) is 5.11 Å². The van der Waals surface area contributed by atoms with Crippen LogP contribution in [0.25, 0.3) is 0 Å². The van der Waals surface area contributed by atoms with E-state index >= 15 is 0 Å². The number of carbonyl (C=O) groups excluding carboxylic acids is 1. The van der Waals surface area contributed by atoms with Gasteiger partial charge in [0.2, 0.25) is 0 Å². The van der Waals surface area contributed by atoms with Crippen molar-refractivity contribution >= 4 is 23.2 Å². The number of amides is 1. The summed E-state index contributed by atoms with van der Waals surface area (Å²) < 4.78 is 13.2. The van der Waals surface area contributed by atoms with Crippen molar-refractivity contribution in [3.63, 3.8) is 0 Å². The van der Waals surface area contributed by atoms with Crippen molar-refractivity contribution in [2.45, 2.75) is 39.3 Å². The van der Waals surface area contributed by atoms with Crippen LogP contribution in [0.15, 0.2) is 35.5 Å². The number of hydrogen-bond acceptors (Lipinski definition) is 2. The van der Waals surface area contributed by atoms with Gasteiger partial charge in [-0.1, -0.05) is 12.1 Å². The zero-order valence-corrected chi connectivity index (χ0v) is 14.8. The van der Waals surface area contributed by atoms with Gasteiger partial charge in [-0.25, -0.2) is 4.39 Å². The van der Waals surface area contributed by atoms with Crippen molar-refractivity contribution < 1.29 is 9.18 Å². The minimum absolute atomic E-state index is 0.161. The molecule has 0 bridgehead atoms. The van der Waals surface area contributed by atoms with Gasteiger partial charge in [-0.3, -0.25) is 4.79 Å². The minimum Gasteiger partial charge on any atom is -0.351 e. The van der Waals surface area contributed by atoms with Gasteiger partial charge < -0.3 is 15.5 Å². The highest BCUT2D eigenvalue weighted by molar-refractivity contribution is 7.80. The second-order valence-electron chi connectivity index (χ2n) is 6.70. The highest BCUT2D eigenvalue weighted by atomic mass is 32.1. The van der Waals surface area contributed by atoms with Crippen LogP contribution in [0.2, 0.25) is 0 Å². The third-order valence-electron chi connectivity index (χ3n) is 3.69. The zero-order valence-electron chi connectivity index (χ0n) is 14.0. The number of hydrogen-bond donors (Lipinski definition) is 2. The molecule has 1 aliphatic heterocycles. The number of carbonyl (C=O) groups is 1. The molecular formula is C17H22FN3OS. The second kappa shape index (κ2) is 6.28. The molecule has 2 N–H and O–H groups in total. The van der Waals surface area contributed by atoms with E-state index in [0.29, 0.717) is 10.7 Å². The van der Waals surface area contributed by atoms with Gasteiger partial charge in [-0.2, -0.15) is 0 Å². The van der Waals surface area contributed by atoms with Gasteiger partial charge in [-0.05, 0) is 57.6 Å². The molecule has 1 heterocycles. The first kappa shape index (κ1) is 17.4. The van der Waals surface area contributed by atoms with Gasteiger partial charge in [0.1, 0.15) is 5.82 Å². The summed E-state index contributed by atoms with van der Waals surface area (Å²) in [6, 6.07) is 5.69. The third-order valence-corrected chi connectivity index (χ3v) is 4.08. The number of nitrogens with one attached hydrogen (secondary N) is 2. The largest absolute Gasteiger partial charge is 0.351 e. The molecule has 1 aromatic carbocycles. The summed E-state index contributed by atoms with van der Waals surface area (Å²) in [6.07, 6.45) is 0. The van der Waals surface area contributed by atoms with E-state index in [4.69, 9.17) is 12.2 Å². The van der Waals surface area contributed by atoms with E-state index in [2.05, 4.69) is 10.6 Å². The Morgan fingerprint density at radius 1 is 1.30 bits per heavy atom. The molecule has 0 fully saturated rings. The lowest BCUT2D eigenvalue weighted by Crippen LogP contribution is -2.50. The molecule has 1 aromatic rings. The average molecular weight is 335 g/mol. The maximum absolute atomic E-state index is 13.2. The van der Waals surface area contributed by atoms with Crippen LogP contribution in [-0.2, 0) is 4.79 Å². The summed E-state index contributed by atoms with van der Waals surface area (Å²) in [4.78, 5) is 14.5. The molecule has 0 spiro atoms. The maximum Gasteiger partial charge on any atom is 0.251 e. The van der Waals surface area contributed by atoms with Crippen molar-refractivity contribution in [1.82, 2.24) is 15.5 Å². The van der Waals surface area contributed by atoms with Crippen LogP contribution in [-0.4, -0.2) is 28.5 Å². The van der Waals surface area contributed by atoms with Crippen LogP contribution in [0, 0.1) is 5.82 Å². The predicted octanol–water partition coefficient (Wildman–Crippen LogP) is 2.88. The molecule has 1 aliphatic rings. The Bertz CT molecular complexity index is 661. The Morgan fingerprint density at radius 2 is 1.87 bits per heavy atom. The number of halogens is 1. The molecule has 0 aliphatic carbocycles. The molecule has 1 atom stereocenters. The van der Waals surface area contributed by atoms with Crippen LogP contribution in [0.5, 0.6) is 0 Å². The van der Waals surface area contributed by atoms with E-state index in [0.717, 1.165) is 11.3 Å². The Kier molecular flexibility index (Phi) is 4.75. The lowest BCUT2D eigenvalue weighted by molar-refractivity contribution is -0.119. The fraction of sp³-hybridized carbons (Fsp3) is 0.412. The smallest absolute Gasteiger partial charge is 0.251 e. The summed E-state index contributed by atoms with van der Waals surface area (Å²) in [6.45, 7) is 7.65. The summed E-state index contributed by atoms with van der Waals surface area (Å²) in [5, 5.41) is 6.68. The number of nitrogens with zero attached hydrogens (tertiary/aromatic N) is 1. The average Bonchev–Trinajstić information content (AvgIpc) is 2.43. The van der Waals surface area contributed by atoms with Crippen molar-refractivity contribution in [3.05, 3.63) is 46.9 Å².